The molecule has 1 aromatic carbocycles. The lowest BCUT2D eigenvalue weighted by molar-refractivity contribution is 0.0984. The van der Waals surface area contributed by atoms with Crippen molar-refractivity contribution in [2.24, 2.45) is 0 Å². The molecule has 8 heteroatoms. The molecular weight excluding hydrogens is 443 g/mol. The molecule has 0 spiro atoms. The van der Waals surface area contributed by atoms with Crippen LogP contribution in [-0.4, -0.2) is 47.0 Å². The van der Waals surface area contributed by atoms with Crippen LogP contribution in [0.15, 0.2) is 91.5 Å². The lowest BCUT2D eigenvalue weighted by atomic mass is 10.1. The number of hydrogen-bond acceptors (Lipinski definition) is 6. The molecule has 0 N–H and O–H groups in total. The number of rotatable bonds is 6. The molecule has 1 amide bonds. The third kappa shape index (κ3) is 5.27. The second kappa shape index (κ2) is 10.3. The molecule has 1 saturated heterocycles. The summed E-state index contributed by atoms with van der Waals surface area (Å²) in [4.78, 5) is 32.6. The van der Waals surface area contributed by atoms with Crippen molar-refractivity contribution in [3.8, 4) is 0 Å². The van der Waals surface area contributed by atoms with Crippen LogP contribution in [0.3, 0.4) is 0 Å². The van der Waals surface area contributed by atoms with E-state index >= 15 is 0 Å². The molecule has 0 aliphatic carbocycles. The van der Waals surface area contributed by atoms with Crippen LogP contribution in [0.2, 0.25) is 0 Å². The van der Waals surface area contributed by atoms with Gasteiger partial charge in [0.15, 0.2) is 0 Å². The Morgan fingerprint density at radius 3 is 2.14 bits per heavy atom. The van der Waals surface area contributed by atoms with E-state index in [4.69, 9.17) is 0 Å². The Morgan fingerprint density at radius 1 is 0.800 bits per heavy atom. The molecule has 7 nitrogen and oxygen atoms in total. The molecule has 0 atom stereocenters. The first-order chi connectivity index (χ1) is 17.2. The van der Waals surface area contributed by atoms with Gasteiger partial charge < -0.3 is 14.7 Å². The van der Waals surface area contributed by atoms with Gasteiger partial charge in [-0.1, -0.05) is 12.1 Å². The van der Waals surface area contributed by atoms with E-state index < -0.39 is 0 Å². The SMILES string of the molecule is O=C(c1cccnc1)N(Cc1ccc(N2CCN(c3ccccn3)CC2)nc1)c1ccc(F)cc1. The summed E-state index contributed by atoms with van der Waals surface area (Å²) in [6.45, 7) is 3.76. The molecule has 1 aliphatic heterocycles. The number of pyridine rings is 3. The molecule has 0 saturated carbocycles. The van der Waals surface area contributed by atoms with Crippen LogP contribution >= 0.6 is 0 Å². The number of halogens is 1. The van der Waals surface area contributed by atoms with E-state index in [1.165, 1.54) is 18.3 Å². The van der Waals surface area contributed by atoms with Crippen molar-refractivity contribution in [2.45, 2.75) is 6.54 Å². The Bertz CT molecular complexity index is 1240. The van der Waals surface area contributed by atoms with Crippen LogP contribution in [0, 0.1) is 5.82 Å². The lowest BCUT2D eigenvalue weighted by Crippen LogP contribution is -2.47. The molecular formula is C27H25FN6O. The Kier molecular flexibility index (Phi) is 6.61. The van der Waals surface area contributed by atoms with Crippen LogP contribution in [0.1, 0.15) is 15.9 Å². The van der Waals surface area contributed by atoms with E-state index in [1.807, 2.05) is 36.5 Å². The van der Waals surface area contributed by atoms with Gasteiger partial charge in [-0.2, -0.15) is 0 Å². The van der Waals surface area contributed by atoms with Crippen LogP contribution in [-0.2, 0) is 6.54 Å². The number of benzene rings is 1. The molecule has 4 aromatic rings. The summed E-state index contributed by atoms with van der Waals surface area (Å²) >= 11 is 0. The second-order valence-electron chi connectivity index (χ2n) is 8.30. The molecule has 3 aromatic heterocycles. The van der Waals surface area contributed by atoms with E-state index in [0.29, 0.717) is 17.8 Å². The number of nitrogens with zero attached hydrogens (tertiary/aromatic N) is 6. The fraction of sp³-hybridized carbons (Fsp3) is 0.185. The van der Waals surface area contributed by atoms with E-state index in [2.05, 4.69) is 24.8 Å². The first-order valence-electron chi connectivity index (χ1n) is 11.5. The van der Waals surface area contributed by atoms with Crippen LogP contribution in [0.5, 0.6) is 0 Å². The fourth-order valence-corrected chi connectivity index (χ4v) is 4.13. The Labute approximate surface area is 203 Å². The number of carbonyl (C=O) groups excluding carboxylic acids is 1. The standard InChI is InChI=1S/C27H25FN6O/c28-23-7-9-24(10-8-23)34(27(35)22-4-3-12-29-19-22)20-21-6-11-26(31-18-21)33-16-14-32(15-17-33)25-5-1-2-13-30-25/h1-13,18-19H,14-17,20H2. The first-order valence-corrected chi connectivity index (χ1v) is 11.5. The van der Waals surface area contributed by atoms with Gasteiger partial charge in [0.1, 0.15) is 17.5 Å². The van der Waals surface area contributed by atoms with Gasteiger partial charge in [0.05, 0.1) is 12.1 Å². The monoisotopic (exact) mass is 468 g/mol. The topological polar surface area (TPSA) is 65.5 Å². The normalized spacial score (nSPS) is 13.5. The predicted molar refractivity (Wildman–Crippen MR) is 134 cm³/mol. The van der Waals surface area contributed by atoms with Gasteiger partial charge in [0, 0.05) is 56.7 Å². The van der Waals surface area contributed by atoms with Gasteiger partial charge in [-0.25, -0.2) is 14.4 Å². The summed E-state index contributed by atoms with van der Waals surface area (Å²) in [6.07, 6.45) is 6.77. The average molecular weight is 469 g/mol. The summed E-state index contributed by atoms with van der Waals surface area (Å²) < 4.78 is 13.5. The number of carbonyl (C=O) groups is 1. The molecule has 1 aliphatic rings. The van der Waals surface area contributed by atoms with Gasteiger partial charge in [0.2, 0.25) is 0 Å². The zero-order valence-corrected chi connectivity index (χ0v) is 19.2. The summed E-state index contributed by atoms with van der Waals surface area (Å²) in [7, 11) is 0. The first kappa shape index (κ1) is 22.5. The zero-order chi connectivity index (χ0) is 24.0. The average Bonchev–Trinajstić information content (AvgIpc) is 2.93. The van der Waals surface area contributed by atoms with Gasteiger partial charge in [-0.15, -0.1) is 0 Å². The quantitative estimate of drug-likeness (QED) is 0.423. The molecule has 0 radical (unpaired) electrons. The smallest absolute Gasteiger partial charge is 0.260 e. The van der Waals surface area contributed by atoms with E-state index in [1.54, 1.807) is 41.6 Å². The maximum Gasteiger partial charge on any atom is 0.260 e. The molecule has 35 heavy (non-hydrogen) atoms. The number of aromatic nitrogens is 3. The summed E-state index contributed by atoms with van der Waals surface area (Å²) in [5, 5.41) is 0. The molecule has 1 fully saturated rings. The predicted octanol–water partition coefficient (Wildman–Crippen LogP) is 4.18. The number of amides is 1. The molecule has 0 bridgehead atoms. The number of hydrogen-bond donors (Lipinski definition) is 0. The highest BCUT2D eigenvalue weighted by Gasteiger charge is 2.21. The van der Waals surface area contributed by atoms with Crippen LogP contribution in [0.25, 0.3) is 0 Å². The molecule has 0 unspecified atom stereocenters. The Hall–Kier alpha value is -4.33. The third-order valence-electron chi connectivity index (χ3n) is 6.02. The highest BCUT2D eigenvalue weighted by molar-refractivity contribution is 6.05. The maximum atomic E-state index is 13.5. The number of anilines is 3. The van der Waals surface area contributed by atoms with Crippen LogP contribution in [0.4, 0.5) is 21.7 Å². The van der Waals surface area contributed by atoms with E-state index in [9.17, 15) is 9.18 Å². The van der Waals surface area contributed by atoms with E-state index in [0.717, 1.165) is 43.4 Å². The second-order valence-corrected chi connectivity index (χ2v) is 8.30. The van der Waals surface area contributed by atoms with Gasteiger partial charge in [0.25, 0.3) is 5.91 Å². The minimum absolute atomic E-state index is 0.209. The van der Waals surface area contributed by atoms with Gasteiger partial charge in [-0.05, 0) is 60.2 Å². The summed E-state index contributed by atoms with van der Waals surface area (Å²) in [6, 6.07) is 19.3. The van der Waals surface area contributed by atoms with Gasteiger partial charge >= 0.3 is 0 Å². The Balaban J connectivity index is 1.29. The summed E-state index contributed by atoms with van der Waals surface area (Å²) in [5.41, 5.74) is 1.95. The molecule has 5 rings (SSSR count). The fourth-order valence-electron chi connectivity index (χ4n) is 4.13. The summed E-state index contributed by atoms with van der Waals surface area (Å²) in [5.74, 6) is 1.34. The van der Waals surface area contributed by atoms with Crippen molar-refractivity contribution in [3.05, 3.63) is 108 Å². The molecule has 176 valence electrons. The zero-order valence-electron chi connectivity index (χ0n) is 19.2. The largest absolute Gasteiger partial charge is 0.353 e. The van der Waals surface area contributed by atoms with E-state index in [-0.39, 0.29) is 11.7 Å². The highest BCUT2D eigenvalue weighted by atomic mass is 19.1. The Morgan fingerprint density at radius 2 is 1.54 bits per heavy atom. The van der Waals surface area contributed by atoms with Crippen molar-refractivity contribution >= 4 is 23.2 Å². The van der Waals surface area contributed by atoms with Gasteiger partial charge in [-0.3, -0.25) is 9.78 Å². The number of piperazine rings is 1. The van der Waals surface area contributed by atoms with Crippen molar-refractivity contribution in [1.82, 2.24) is 15.0 Å². The van der Waals surface area contributed by atoms with Crippen molar-refractivity contribution in [3.63, 3.8) is 0 Å². The highest BCUT2D eigenvalue weighted by Crippen LogP contribution is 2.22. The lowest BCUT2D eigenvalue weighted by Gasteiger charge is -2.36. The van der Waals surface area contributed by atoms with Crippen molar-refractivity contribution in [1.29, 1.82) is 0 Å². The van der Waals surface area contributed by atoms with Crippen LogP contribution < -0.4 is 14.7 Å². The minimum Gasteiger partial charge on any atom is -0.353 e. The van der Waals surface area contributed by atoms with Crippen molar-refractivity contribution < 1.29 is 9.18 Å². The molecule has 4 heterocycles. The third-order valence-corrected chi connectivity index (χ3v) is 6.02. The minimum atomic E-state index is -0.350. The van der Waals surface area contributed by atoms with Crippen molar-refractivity contribution in [2.75, 3.05) is 40.9 Å². The maximum absolute atomic E-state index is 13.5.